The van der Waals surface area contributed by atoms with Crippen LogP contribution in [0.2, 0.25) is 0 Å². The largest absolute Gasteiger partial charge is 0.611 e. The van der Waals surface area contributed by atoms with Gasteiger partial charge >= 0.3 is 5.97 Å². The van der Waals surface area contributed by atoms with Gasteiger partial charge in [0.15, 0.2) is 11.2 Å². The van der Waals surface area contributed by atoms with Gasteiger partial charge in [-0.25, -0.2) is 4.79 Å². The van der Waals surface area contributed by atoms with Crippen LogP contribution in [0.1, 0.15) is 122 Å². The van der Waals surface area contributed by atoms with E-state index in [1.807, 2.05) is 6.92 Å². The molecule has 1 saturated heterocycles. The Kier molecular flexibility index (Phi) is 19.1. The van der Waals surface area contributed by atoms with Crippen LogP contribution in [0.5, 0.6) is 0 Å². The van der Waals surface area contributed by atoms with Crippen LogP contribution in [0.25, 0.3) is 0 Å². The number of carboxylic acids is 1. The number of unbranched alkanes of at least 4 members (excludes halogenated alkanes) is 10. The Morgan fingerprint density at radius 3 is 2.29 bits per heavy atom. The van der Waals surface area contributed by atoms with Crippen LogP contribution in [-0.4, -0.2) is 51.1 Å². The number of benzene rings is 1. The minimum Gasteiger partial charge on any atom is -0.611 e. The van der Waals surface area contributed by atoms with Gasteiger partial charge < -0.3 is 24.2 Å². The molecule has 0 spiro atoms. The number of aliphatic hydroxyl groups is 1. The number of aryl methyl sites for hydroxylation is 1. The van der Waals surface area contributed by atoms with E-state index in [1.54, 1.807) is 24.3 Å². The van der Waals surface area contributed by atoms with E-state index in [4.69, 9.17) is 9.47 Å². The van der Waals surface area contributed by atoms with E-state index in [9.17, 15) is 19.6 Å². The molecule has 5 atom stereocenters. The minimum atomic E-state index is -1.88. The Balaban J connectivity index is 1.77. The molecule has 41 heavy (non-hydrogen) atoms. The number of ether oxygens (including phenoxy) is 2. The molecule has 1 heterocycles. The van der Waals surface area contributed by atoms with Gasteiger partial charge in [0.05, 0.1) is 6.10 Å². The fourth-order valence-corrected chi connectivity index (χ4v) is 6.41. The van der Waals surface area contributed by atoms with Crippen LogP contribution in [-0.2, 0) is 25.4 Å². The summed E-state index contributed by atoms with van der Waals surface area (Å²) < 4.78 is 25.1. The van der Waals surface area contributed by atoms with Crippen molar-refractivity contribution in [2.75, 3.05) is 6.61 Å². The quantitative estimate of drug-likeness (QED) is 0.0806. The first kappa shape index (κ1) is 35.6. The molecule has 0 aliphatic carbocycles. The molecule has 7 heteroatoms. The number of hydrogen-bond donors (Lipinski definition) is 2. The Morgan fingerprint density at radius 1 is 1.05 bits per heavy atom. The molecule has 0 amide bonds. The van der Waals surface area contributed by atoms with E-state index < -0.39 is 28.5 Å². The van der Waals surface area contributed by atoms with Crippen molar-refractivity contribution < 1.29 is 29.0 Å². The van der Waals surface area contributed by atoms with Gasteiger partial charge in [-0.15, -0.1) is 5.73 Å². The lowest BCUT2D eigenvalue weighted by Crippen LogP contribution is -2.43. The van der Waals surface area contributed by atoms with Crippen molar-refractivity contribution in [2.45, 2.75) is 152 Å². The molecule has 0 radical (unpaired) electrons. The van der Waals surface area contributed by atoms with Gasteiger partial charge in [0, 0.05) is 24.2 Å². The lowest BCUT2D eigenvalue weighted by Gasteiger charge is -2.30. The molecule has 0 saturated carbocycles. The monoisotopic (exact) mass is 590 g/mol. The third-order valence-electron chi connectivity index (χ3n) is 7.63. The van der Waals surface area contributed by atoms with Gasteiger partial charge in [0.25, 0.3) is 0 Å². The number of allylic oxidation sites excluding steroid dienone is 1. The molecule has 232 valence electrons. The van der Waals surface area contributed by atoms with Gasteiger partial charge in [-0.2, -0.15) is 0 Å². The predicted molar refractivity (Wildman–Crippen MR) is 166 cm³/mol. The maximum atomic E-state index is 13.1. The number of aliphatic hydroxyl groups excluding tert-OH is 1. The van der Waals surface area contributed by atoms with E-state index in [0.29, 0.717) is 17.9 Å². The van der Waals surface area contributed by atoms with E-state index in [0.717, 1.165) is 69.8 Å². The fraction of sp³-hybridized carbons (Fsp3) is 0.706. The van der Waals surface area contributed by atoms with Crippen molar-refractivity contribution in [3.8, 4) is 0 Å². The molecule has 1 aromatic rings. The van der Waals surface area contributed by atoms with Crippen molar-refractivity contribution in [2.24, 2.45) is 0 Å². The number of aliphatic carboxylic acids is 1. The predicted octanol–water partition coefficient (Wildman–Crippen LogP) is 8.02. The molecule has 1 fully saturated rings. The second-order valence-electron chi connectivity index (χ2n) is 11.3. The molecule has 2 N–H and O–H groups in total. The van der Waals surface area contributed by atoms with E-state index in [2.05, 4.69) is 24.8 Å². The maximum Gasteiger partial charge on any atom is 0.360 e. The Morgan fingerprint density at radius 2 is 1.68 bits per heavy atom. The molecular weight excluding hydrogens is 536 g/mol. The van der Waals surface area contributed by atoms with Crippen LogP contribution in [0.4, 0.5) is 0 Å². The smallest absolute Gasteiger partial charge is 0.360 e. The topological polar surface area (TPSA) is 99.1 Å². The summed E-state index contributed by atoms with van der Waals surface area (Å²) in [7, 11) is 0. The standard InChI is InChI=1S/C34H54O6S/c1-3-4-5-6-7-8-9-10-11-12-13-14-15-16-17-20-29(40-32-21-18-19-26-39-32)27-31(35)33(34(36)37)41(38)30-24-22-28(2)23-25-30/h9,11,22-25,29,31-33,35H,3-8,12-21,26-27H2,1-2H3,(H,36,37)/t10?,29?,31?,32?,33?,41-/m1/s1. The van der Waals surface area contributed by atoms with E-state index >= 15 is 0 Å². The second kappa shape index (κ2) is 22.0. The summed E-state index contributed by atoms with van der Waals surface area (Å²) in [6, 6.07) is 6.93. The Bertz CT molecular complexity index is 876. The highest BCUT2D eigenvalue weighted by Gasteiger charge is 2.40. The van der Waals surface area contributed by atoms with Crippen molar-refractivity contribution in [1.82, 2.24) is 0 Å². The van der Waals surface area contributed by atoms with Crippen LogP contribution in [0, 0.1) is 6.92 Å². The lowest BCUT2D eigenvalue weighted by molar-refractivity contribution is -0.194. The molecule has 0 aromatic heterocycles. The van der Waals surface area contributed by atoms with Crippen LogP contribution in [0.3, 0.4) is 0 Å². The normalized spacial score (nSPS) is 18.2. The first-order valence-corrected chi connectivity index (χ1v) is 17.2. The first-order valence-electron chi connectivity index (χ1n) is 16.0. The van der Waals surface area contributed by atoms with Crippen LogP contribution < -0.4 is 0 Å². The van der Waals surface area contributed by atoms with E-state index in [1.165, 1.54) is 32.1 Å². The molecule has 6 nitrogen and oxygen atoms in total. The zero-order valence-corrected chi connectivity index (χ0v) is 26.3. The minimum absolute atomic E-state index is 0.115. The van der Waals surface area contributed by atoms with Gasteiger partial charge in [0.1, 0.15) is 6.10 Å². The second-order valence-corrected chi connectivity index (χ2v) is 12.9. The van der Waals surface area contributed by atoms with Crippen molar-refractivity contribution in [1.29, 1.82) is 0 Å². The molecule has 2 rings (SSSR count). The number of rotatable bonds is 22. The summed E-state index contributed by atoms with van der Waals surface area (Å²) in [5, 5.41) is 19.4. The van der Waals surface area contributed by atoms with Crippen molar-refractivity contribution >= 4 is 17.1 Å². The summed E-state index contributed by atoms with van der Waals surface area (Å²) >= 11 is -1.88. The van der Waals surface area contributed by atoms with Gasteiger partial charge in [-0.1, -0.05) is 76.0 Å². The number of hydrogen-bond acceptors (Lipinski definition) is 5. The third-order valence-corrected chi connectivity index (χ3v) is 9.34. The van der Waals surface area contributed by atoms with Gasteiger partial charge in [0.2, 0.25) is 5.25 Å². The first-order chi connectivity index (χ1) is 19.9. The molecule has 1 aliphatic rings. The molecule has 4 unspecified atom stereocenters. The highest BCUT2D eigenvalue weighted by atomic mass is 32.2. The molecular formula is C34H54O6S. The van der Waals surface area contributed by atoms with Crippen LogP contribution in [0.15, 0.2) is 47.0 Å². The molecule has 0 bridgehead atoms. The average molecular weight is 591 g/mol. The lowest BCUT2D eigenvalue weighted by atomic mass is 10.0. The maximum absolute atomic E-state index is 13.1. The summed E-state index contributed by atoms with van der Waals surface area (Å²) in [5.74, 6) is -1.26. The fourth-order valence-electron chi connectivity index (χ4n) is 5.13. The number of carbonyl (C=O) groups is 1. The summed E-state index contributed by atoms with van der Waals surface area (Å²) in [5.41, 5.74) is 4.32. The van der Waals surface area contributed by atoms with Gasteiger partial charge in [-0.3, -0.25) is 0 Å². The van der Waals surface area contributed by atoms with Gasteiger partial charge in [-0.05, 0) is 82.6 Å². The zero-order chi connectivity index (χ0) is 29.7. The Labute approximate surface area is 251 Å². The highest BCUT2D eigenvalue weighted by molar-refractivity contribution is 7.92. The third kappa shape index (κ3) is 15.4. The van der Waals surface area contributed by atoms with Crippen LogP contribution >= 0.6 is 0 Å². The average Bonchev–Trinajstić information content (AvgIpc) is 2.95. The van der Waals surface area contributed by atoms with Crippen molar-refractivity contribution in [3.05, 3.63) is 47.7 Å². The Hall–Kier alpha value is -1.60. The molecule has 1 aliphatic heterocycles. The summed E-state index contributed by atoms with van der Waals surface area (Å²) in [6.45, 7) is 4.81. The van der Waals surface area contributed by atoms with E-state index in [-0.39, 0.29) is 18.8 Å². The van der Waals surface area contributed by atoms with Crippen molar-refractivity contribution in [3.63, 3.8) is 0 Å². The number of carboxylic acid groups (broad SMARTS) is 1. The highest BCUT2D eigenvalue weighted by Crippen LogP contribution is 2.26. The SMILES string of the molecule is CCCCCCCC=C=CCCCCCCCC(CC(O)C(C(=O)O)[S@+]([O-])c1ccc(C)cc1)OC1CCCCO1. The molecule has 1 aromatic carbocycles. The summed E-state index contributed by atoms with van der Waals surface area (Å²) in [6.07, 6.45) is 20.1. The zero-order valence-electron chi connectivity index (χ0n) is 25.4. The summed E-state index contributed by atoms with van der Waals surface area (Å²) in [4.78, 5) is 12.5.